The largest absolute Gasteiger partial charge is 0.369 e. The molecule has 1 atom stereocenters. The molecule has 1 aromatic carbocycles. The van der Waals surface area contributed by atoms with Crippen LogP contribution in [0.2, 0.25) is 0 Å². The zero-order valence-electron chi connectivity index (χ0n) is 10.6. The Kier molecular flexibility index (Phi) is 4.59. The maximum Gasteiger partial charge on any atom is 0.221 e. The number of anilines is 1. The van der Waals surface area contributed by atoms with Crippen molar-refractivity contribution in [3.63, 3.8) is 0 Å². The summed E-state index contributed by atoms with van der Waals surface area (Å²) in [5.41, 5.74) is 6.61. The van der Waals surface area contributed by atoms with Crippen molar-refractivity contribution in [2.45, 2.75) is 25.3 Å². The number of para-hydroxylation sites is 1. The van der Waals surface area contributed by atoms with Crippen LogP contribution in [0, 0.1) is 0 Å². The molecule has 0 bridgehead atoms. The van der Waals surface area contributed by atoms with E-state index in [-0.39, 0.29) is 11.9 Å². The van der Waals surface area contributed by atoms with Gasteiger partial charge in [0.1, 0.15) is 0 Å². The topological polar surface area (TPSA) is 58.4 Å². The van der Waals surface area contributed by atoms with Gasteiger partial charge in [0.05, 0.1) is 0 Å². The lowest BCUT2D eigenvalue weighted by atomic mass is 10.0. The predicted octanol–water partition coefficient (Wildman–Crippen LogP) is 1.12. The molecule has 1 saturated heterocycles. The standard InChI is InChI=1S/C14H21N3O/c15-9-8-14(18)16-12-5-4-10-17(11-12)13-6-2-1-3-7-13/h1-3,6-7,12H,4-5,8-11,15H2,(H,16,18). The Hall–Kier alpha value is -1.55. The lowest BCUT2D eigenvalue weighted by Gasteiger charge is -2.34. The van der Waals surface area contributed by atoms with Crippen LogP contribution in [0.5, 0.6) is 0 Å². The first-order valence-corrected chi connectivity index (χ1v) is 6.59. The summed E-state index contributed by atoms with van der Waals surface area (Å²) in [4.78, 5) is 13.9. The molecule has 1 aliphatic heterocycles. The predicted molar refractivity (Wildman–Crippen MR) is 73.5 cm³/mol. The smallest absolute Gasteiger partial charge is 0.221 e. The van der Waals surface area contributed by atoms with Crippen molar-refractivity contribution in [3.05, 3.63) is 30.3 Å². The molecule has 0 spiro atoms. The average Bonchev–Trinajstić information content (AvgIpc) is 2.40. The van der Waals surface area contributed by atoms with Gasteiger partial charge in [-0.15, -0.1) is 0 Å². The molecule has 1 fully saturated rings. The lowest BCUT2D eigenvalue weighted by Crippen LogP contribution is -2.48. The van der Waals surface area contributed by atoms with E-state index in [0.29, 0.717) is 13.0 Å². The molecular weight excluding hydrogens is 226 g/mol. The van der Waals surface area contributed by atoms with E-state index in [1.54, 1.807) is 0 Å². The highest BCUT2D eigenvalue weighted by atomic mass is 16.1. The zero-order chi connectivity index (χ0) is 12.8. The molecule has 0 radical (unpaired) electrons. The van der Waals surface area contributed by atoms with Gasteiger partial charge < -0.3 is 16.0 Å². The number of nitrogens with two attached hydrogens (primary N) is 1. The van der Waals surface area contributed by atoms with Gasteiger partial charge in [-0.2, -0.15) is 0 Å². The fourth-order valence-corrected chi connectivity index (χ4v) is 2.40. The molecule has 18 heavy (non-hydrogen) atoms. The van der Waals surface area contributed by atoms with Crippen LogP contribution in [-0.2, 0) is 4.79 Å². The van der Waals surface area contributed by atoms with Crippen molar-refractivity contribution in [2.75, 3.05) is 24.5 Å². The SMILES string of the molecule is NCCC(=O)NC1CCCN(c2ccccc2)C1. The minimum Gasteiger partial charge on any atom is -0.369 e. The van der Waals surface area contributed by atoms with Crippen LogP contribution in [0.15, 0.2) is 30.3 Å². The normalized spacial score (nSPS) is 19.6. The third-order valence-electron chi connectivity index (χ3n) is 3.28. The second-order valence-electron chi connectivity index (χ2n) is 4.73. The maximum atomic E-state index is 11.5. The molecule has 2 rings (SSSR count). The third kappa shape index (κ3) is 3.47. The number of hydrogen-bond donors (Lipinski definition) is 2. The number of nitrogens with one attached hydrogen (secondary N) is 1. The number of rotatable bonds is 4. The molecule has 4 heteroatoms. The Morgan fingerprint density at radius 1 is 1.39 bits per heavy atom. The van der Waals surface area contributed by atoms with E-state index in [1.165, 1.54) is 5.69 Å². The van der Waals surface area contributed by atoms with Crippen molar-refractivity contribution < 1.29 is 4.79 Å². The summed E-state index contributed by atoms with van der Waals surface area (Å²) in [6, 6.07) is 10.6. The number of benzene rings is 1. The molecule has 1 aromatic rings. The third-order valence-corrected chi connectivity index (χ3v) is 3.28. The lowest BCUT2D eigenvalue weighted by molar-refractivity contribution is -0.121. The van der Waals surface area contributed by atoms with Crippen molar-refractivity contribution in [3.8, 4) is 0 Å². The van der Waals surface area contributed by atoms with E-state index in [0.717, 1.165) is 25.9 Å². The van der Waals surface area contributed by atoms with Crippen LogP contribution in [0.1, 0.15) is 19.3 Å². The first kappa shape index (κ1) is 12.9. The van der Waals surface area contributed by atoms with E-state index < -0.39 is 0 Å². The first-order valence-electron chi connectivity index (χ1n) is 6.59. The molecule has 4 nitrogen and oxygen atoms in total. The van der Waals surface area contributed by atoms with E-state index in [1.807, 2.05) is 18.2 Å². The van der Waals surface area contributed by atoms with Crippen molar-refractivity contribution in [1.82, 2.24) is 5.32 Å². The summed E-state index contributed by atoms with van der Waals surface area (Å²) in [6.45, 7) is 2.37. The Morgan fingerprint density at radius 2 is 2.17 bits per heavy atom. The van der Waals surface area contributed by atoms with E-state index >= 15 is 0 Å². The molecule has 98 valence electrons. The number of piperidine rings is 1. The van der Waals surface area contributed by atoms with Crippen molar-refractivity contribution >= 4 is 11.6 Å². The highest BCUT2D eigenvalue weighted by Gasteiger charge is 2.21. The van der Waals surface area contributed by atoms with Gasteiger partial charge in [-0.1, -0.05) is 18.2 Å². The van der Waals surface area contributed by atoms with E-state index in [2.05, 4.69) is 22.3 Å². The maximum absolute atomic E-state index is 11.5. The second-order valence-corrected chi connectivity index (χ2v) is 4.73. The summed E-state index contributed by atoms with van der Waals surface area (Å²) in [5, 5.41) is 3.06. The minimum absolute atomic E-state index is 0.0670. The molecular formula is C14H21N3O. The van der Waals surface area contributed by atoms with Crippen LogP contribution in [-0.4, -0.2) is 31.6 Å². The van der Waals surface area contributed by atoms with Gasteiger partial charge >= 0.3 is 0 Å². The quantitative estimate of drug-likeness (QED) is 0.838. The summed E-state index contributed by atoms with van der Waals surface area (Å²) in [7, 11) is 0. The number of hydrogen-bond acceptors (Lipinski definition) is 3. The highest BCUT2D eigenvalue weighted by molar-refractivity contribution is 5.76. The highest BCUT2D eigenvalue weighted by Crippen LogP contribution is 2.19. The van der Waals surface area contributed by atoms with Gasteiger partial charge in [-0.25, -0.2) is 0 Å². The molecule has 1 heterocycles. The van der Waals surface area contributed by atoms with Crippen molar-refractivity contribution in [2.24, 2.45) is 5.73 Å². The van der Waals surface area contributed by atoms with Gasteiger partial charge in [-0.3, -0.25) is 4.79 Å². The number of carbonyl (C=O) groups excluding carboxylic acids is 1. The molecule has 0 aromatic heterocycles. The molecule has 1 unspecified atom stereocenters. The van der Waals surface area contributed by atoms with Gasteiger partial charge in [0.2, 0.25) is 5.91 Å². The Balaban J connectivity index is 1.91. The van der Waals surface area contributed by atoms with Gasteiger partial charge in [-0.05, 0) is 25.0 Å². The molecule has 0 aliphatic carbocycles. The van der Waals surface area contributed by atoms with Crippen LogP contribution >= 0.6 is 0 Å². The average molecular weight is 247 g/mol. The van der Waals surface area contributed by atoms with E-state index in [4.69, 9.17) is 5.73 Å². The zero-order valence-corrected chi connectivity index (χ0v) is 10.6. The Labute approximate surface area is 108 Å². The summed E-state index contributed by atoms with van der Waals surface area (Å²) < 4.78 is 0. The van der Waals surface area contributed by atoms with Crippen LogP contribution < -0.4 is 16.0 Å². The fraction of sp³-hybridized carbons (Fsp3) is 0.500. The van der Waals surface area contributed by atoms with Crippen molar-refractivity contribution in [1.29, 1.82) is 0 Å². The molecule has 0 saturated carbocycles. The number of amides is 1. The van der Waals surface area contributed by atoms with E-state index in [9.17, 15) is 4.79 Å². The Morgan fingerprint density at radius 3 is 2.89 bits per heavy atom. The van der Waals surface area contributed by atoms with Crippen LogP contribution in [0.25, 0.3) is 0 Å². The molecule has 3 N–H and O–H groups in total. The van der Waals surface area contributed by atoms with Crippen LogP contribution in [0.4, 0.5) is 5.69 Å². The molecule has 1 aliphatic rings. The second kappa shape index (κ2) is 6.40. The fourth-order valence-electron chi connectivity index (χ4n) is 2.40. The summed E-state index contributed by atoms with van der Waals surface area (Å²) in [5.74, 6) is 0.0670. The summed E-state index contributed by atoms with van der Waals surface area (Å²) in [6.07, 6.45) is 2.59. The van der Waals surface area contributed by atoms with Gasteiger partial charge in [0.25, 0.3) is 0 Å². The Bertz CT molecular complexity index is 380. The number of nitrogens with zero attached hydrogens (tertiary/aromatic N) is 1. The first-order chi connectivity index (χ1) is 8.79. The van der Waals surface area contributed by atoms with Gasteiger partial charge in [0.15, 0.2) is 0 Å². The van der Waals surface area contributed by atoms with Gasteiger partial charge in [0, 0.05) is 37.8 Å². The summed E-state index contributed by atoms with van der Waals surface area (Å²) >= 11 is 0. The number of carbonyl (C=O) groups is 1. The minimum atomic E-state index is 0.0670. The monoisotopic (exact) mass is 247 g/mol. The van der Waals surface area contributed by atoms with Crippen LogP contribution in [0.3, 0.4) is 0 Å². The molecule has 1 amide bonds.